The van der Waals surface area contributed by atoms with Crippen LogP contribution in [0.15, 0.2) is 12.1 Å². The Morgan fingerprint density at radius 2 is 1.95 bits per heavy atom. The molecule has 0 fully saturated rings. The van der Waals surface area contributed by atoms with E-state index in [0.717, 1.165) is 24.7 Å². The minimum atomic E-state index is -0.336. The van der Waals surface area contributed by atoms with Crippen molar-refractivity contribution in [2.24, 2.45) is 5.92 Å². The second-order valence-corrected chi connectivity index (χ2v) is 5.84. The summed E-state index contributed by atoms with van der Waals surface area (Å²) in [4.78, 5) is 15.9. The Morgan fingerprint density at radius 1 is 1.24 bits per heavy atom. The first-order chi connectivity index (χ1) is 10.0. The van der Waals surface area contributed by atoms with Crippen molar-refractivity contribution >= 4 is 11.8 Å². The first-order valence-electron chi connectivity index (χ1n) is 7.84. The van der Waals surface area contributed by atoms with E-state index >= 15 is 0 Å². The fourth-order valence-corrected chi connectivity index (χ4v) is 2.23. The van der Waals surface area contributed by atoms with E-state index in [0.29, 0.717) is 11.3 Å². The zero-order valence-electron chi connectivity index (χ0n) is 13.7. The molecular weight excluding hydrogens is 264 g/mol. The fourth-order valence-electron chi connectivity index (χ4n) is 2.23. The van der Waals surface area contributed by atoms with Gasteiger partial charge in [0.25, 0.3) is 0 Å². The van der Waals surface area contributed by atoms with Crippen LogP contribution in [-0.4, -0.2) is 24.6 Å². The lowest BCUT2D eigenvalue weighted by atomic mass is 10.0. The number of methoxy groups -OCH3 is 1. The van der Waals surface area contributed by atoms with Crippen LogP contribution in [0.3, 0.4) is 0 Å². The Balaban J connectivity index is 2.27. The lowest BCUT2D eigenvalue weighted by Gasteiger charge is -2.09. The van der Waals surface area contributed by atoms with Gasteiger partial charge in [-0.05, 0) is 31.4 Å². The summed E-state index contributed by atoms with van der Waals surface area (Å²) in [6, 6.07) is 3.59. The van der Waals surface area contributed by atoms with E-state index in [-0.39, 0.29) is 5.97 Å². The summed E-state index contributed by atoms with van der Waals surface area (Å²) < 4.78 is 4.71. The molecule has 118 valence electrons. The van der Waals surface area contributed by atoms with Crippen molar-refractivity contribution < 1.29 is 9.53 Å². The van der Waals surface area contributed by atoms with Crippen LogP contribution < -0.4 is 5.32 Å². The first kappa shape index (κ1) is 17.5. The number of nitrogens with zero attached hydrogens (tertiary/aromatic N) is 1. The molecule has 0 saturated heterocycles. The Kier molecular flexibility index (Phi) is 7.80. The van der Waals surface area contributed by atoms with Crippen LogP contribution in [0, 0.1) is 12.8 Å². The van der Waals surface area contributed by atoms with Gasteiger partial charge in [-0.1, -0.05) is 39.5 Å². The van der Waals surface area contributed by atoms with Crippen LogP contribution in [0.5, 0.6) is 0 Å². The predicted octanol–water partition coefficient (Wildman–Crippen LogP) is 4.20. The summed E-state index contributed by atoms with van der Waals surface area (Å²) >= 11 is 0. The van der Waals surface area contributed by atoms with Gasteiger partial charge in [0, 0.05) is 6.54 Å². The maximum atomic E-state index is 11.5. The number of rotatable bonds is 9. The van der Waals surface area contributed by atoms with Crippen molar-refractivity contribution in [2.45, 2.75) is 52.9 Å². The van der Waals surface area contributed by atoms with Crippen molar-refractivity contribution in [3.05, 3.63) is 23.4 Å². The number of carbonyl (C=O) groups excluding carboxylic acids is 1. The van der Waals surface area contributed by atoms with Crippen molar-refractivity contribution in [3.63, 3.8) is 0 Å². The van der Waals surface area contributed by atoms with Gasteiger partial charge in [-0.25, -0.2) is 9.78 Å². The molecule has 0 aromatic carbocycles. The van der Waals surface area contributed by atoms with Gasteiger partial charge < -0.3 is 10.1 Å². The maximum Gasteiger partial charge on any atom is 0.339 e. The molecule has 0 spiro atoms. The molecule has 0 unspecified atom stereocenters. The van der Waals surface area contributed by atoms with Gasteiger partial charge in [0.05, 0.1) is 18.4 Å². The highest BCUT2D eigenvalue weighted by Gasteiger charge is 2.10. The van der Waals surface area contributed by atoms with Gasteiger partial charge in [-0.3, -0.25) is 0 Å². The third kappa shape index (κ3) is 6.61. The Hall–Kier alpha value is -1.58. The van der Waals surface area contributed by atoms with E-state index in [4.69, 9.17) is 4.74 Å². The molecule has 0 bridgehead atoms. The highest BCUT2D eigenvalue weighted by atomic mass is 16.5. The largest absolute Gasteiger partial charge is 0.465 e. The monoisotopic (exact) mass is 292 g/mol. The molecule has 0 aliphatic carbocycles. The van der Waals surface area contributed by atoms with Gasteiger partial charge in [-0.2, -0.15) is 0 Å². The summed E-state index contributed by atoms with van der Waals surface area (Å²) in [5.74, 6) is 1.29. The summed E-state index contributed by atoms with van der Waals surface area (Å²) in [5.41, 5.74) is 1.22. The number of nitrogens with one attached hydrogen (secondary N) is 1. The number of pyridine rings is 1. The molecule has 0 amide bonds. The van der Waals surface area contributed by atoms with Gasteiger partial charge >= 0.3 is 5.97 Å². The Labute approximate surface area is 128 Å². The van der Waals surface area contributed by atoms with Crippen LogP contribution in [-0.2, 0) is 4.74 Å². The number of anilines is 1. The first-order valence-corrected chi connectivity index (χ1v) is 7.84. The minimum Gasteiger partial charge on any atom is -0.465 e. The minimum absolute atomic E-state index is 0.336. The molecule has 21 heavy (non-hydrogen) atoms. The zero-order valence-corrected chi connectivity index (χ0v) is 13.7. The normalized spacial score (nSPS) is 10.7. The van der Waals surface area contributed by atoms with Crippen molar-refractivity contribution in [1.29, 1.82) is 0 Å². The van der Waals surface area contributed by atoms with E-state index < -0.39 is 0 Å². The number of carbonyl (C=O) groups is 1. The average molecular weight is 292 g/mol. The SMILES string of the molecule is COC(=O)c1ccc(NCCCCCCC(C)C)nc1C. The molecule has 4 heteroatoms. The van der Waals surface area contributed by atoms with Crippen LogP contribution >= 0.6 is 0 Å². The number of hydrogen-bond acceptors (Lipinski definition) is 4. The molecule has 0 saturated carbocycles. The Bertz CT molecular complexity index is 444. The second-order valence-electron chi connectivity index (χ2n) is 5.84. The summed E-state index contributed by atoms with van der Waals surface area (Å²) in [7, 11) is 1.38. The van der Waals surface area contributed by atoms with Gasteiger partial charge in [0.15, 0.2) is 0 Å². The van der Waals surface area contributed by atoms with E-state index in [2.05, 4.69) is 24.1 Å². The number of unbranched alkanes of at least 4 members (excludes halogenated alkanes) is 3. The van der Waals surface area contributed by atoms with Crippen molar-refractivity contribution in [1.82, 2.24) is 4.98 Å². The van der Waals surface area contributed by atoms with Gasteiger partial charge in [-0.15, -0.1) is 0 Å². The molecule has 0 aliphatic rings. The van der Waals surface area contributed by atoms with Gasteiger partial charge in [0.2, 0.25) is 0 Å². The van der Waals surface area contributed by atoms with Crippen LogP contribution in [0.25, 0.3) is 0 Å². The second kappa shape index (κ2) is 9.37. The highest BCUT2D eigenvalue weighted by Crippen LogP contribution is 2.13. The molecule has 1 aromatic rings. The van der Waals surface area contributed by atoms with Gasteiger partial charge in [0.1, 0.15) is 5.82 Å². The van der Waals surface area contributed by atoms with Crippen molar-refractivity contribution in [2.75, 3.05) is 19.0 Å². The van der Waals surface area contributed by atoms with Crippen molar-refractivity contribution in [3.8, 4) is 0 Å². The molecule has 0 atom stereocenters. The molecule has 1 rings (SSSR count). The summed E-state index contributed by atoms with van der Waals surface area (Å²) in [6.45, 7) is 7.29. The highest BCUT2D eigenvalue weighted by molar-refractivity contribution is 5.90. The van der Waals surface area contributed by atoms with E-state index in [9.17, 15) is 4.79 Å². The third-order valence-electron chi connectivity index (χ3n) is 3.51. The molecule has 0 radical (unpaired) electrons. The molecule has 1 aromatic heterocycles. The standard InChI is InChI=1S/C17H28N2O2/c1-13(2)9-7-5-6-8-12-18-16-11-10-15(14(3)19-16)17(20)21-4/h10-11,13H,5-9,12H2,1-4H3,(H,18,19). The average Bonchev–Trinajstić information content (AvgIpc) is 2.45. The third-order valence-corrected chi connectivity index (χ3v) is 3.51. The fraction of sp³-hybridized carbons (Fsp3) is 0.647. The van der Waals surface area contributed by atoms with E-state index in [1.54, 1.807) is 6.07 Å². The van der Waals surface area contributed by atoms with E-state index in [1.165, 1.54) is 32.8 Å². The quantitative estimate of drug-likeness (QED) is 0.547. The van der Waals surface area contributed by atoms with E-state index in [1.807, 2.05) is 13.0 Å². The lowest BCUT2D eigenvalue weighted by molar-refractivity contribution is 0.0599. The molecule has 1 heterocycles. The molecule has 1 N–H and O–H groups in total. The maximum absolute atomic E-state index is 11.5. The zero-order chi connectivity index (χ0) is 15.7. The number of aromatic nitrogens is 1. The number of aryl methyl sites for hydroxylation is 1. The summed E-state index contributed by atoms with van der Waals surface area (Å²) in [5, 5.41) is 3.31. The molecule has 0 aliphatic heterocycles. The topological polar surface area (TPSA) is 51.2 Å². The van der Waals surface area contributed by atoms with Crippen LogP contribution in [0.1, 0.15) is 62.0 Å². The molecular formula is C17H28N2O2. The number of esters is 1. The number of hydrogen-bond donors (Lipinski definition) is 1. The molecule has 4 nitrogen and oxygen atoms in total. The number of ether oxygens (including phenoxy) is 1. The van der Waals surface area contributed by atoms with Crippen LogP contribution in [0.4, 0.5) is 5.82 Å². The smallest absolute Gasteiger partial charge is 0.339 e. The lowest BCUT2D eigenvalue weighted by Crippen LogP contribution is -2.08. The Morgan fingerprint density at radius 3 is 2.57 bits per heavy atom. The summed E-state index contributed by atoms with van der Waals surface area (Å²) in [6.07, 6.45) is 6.34. The van der Waals surface area contributed by atoms with Crippen LogP contribution in [0.2, 0.25) is 0 Å². The predicted molar refractivity (Wildman–Crippen MR) is 86.7 cm³/mol.